The number of aliphatic imine (C=N–C) groups is 1. The maximum atomic E-state index is 12.2. The van der Waals surface area contributed by atoms with Crippen LogP contribution in [-0.4, -0.2) is 39.3 Å². The topological polar surface area (TPSA) is 87.8 Å². The molecule has 110 valence electrons. The van der Waals surface area contributed by atoms with Crippen LogP contribution in [0.1, 0.15) is 5.56 Å². The van der Waals surface area contributed by atoms with Gasteiger partial charge in [0.05, 0.1) is 11.4 Å². The first-order chi connectivity index (χ1) is 9.39. The molecule has 0 fully saturated rings. The van der Waals surface area contributed by atoms with Crippen LogP contribution in [0.5, 0.6) is 0 Å². The molecule has 0 bridgehead atoms. The highest BCUT2D eigenvalue weighted by Crippen LogP contribution is 2.19. The molecule has 0 aliphatic carbocycles. The third-order valence-electron chi connectivity index (χ3n) is 2.58. The number of nitrogens with one attached hydrogen (secondary N) is 1. The highest BCUT2D eigenvalue weighted by Gasteiger charge is 2.20. The predicted octanol–water partition coefficient (Wildman–Crippen LogP) is 0.527. The fourth-order valence-corrected chi connectivity index (χ4v) is 2.59. The number of guanidine groups is 1. The monoisotopic (exact) mass is 296 g/mol. The minimum absolute atomic E-state index is 0.194. The number of nitrogens with two attached hydrogens (primary N) is 1. The van der Waals surface area contributed by atoms with Crippen LogP contribution >= 0.6 is 0 Å². The van der Waals surface area contributed by atoms with E-state index in [2.05, 4.69) is 16.9 Å². The Bertz CT molecular complexity index is 594. The van der Waals surface area contributed by atoms with Gasteiger partial charge in [-0.1, -0.05) is 24.3 Å². The Morgan fingerprint density at radius 2 is 2.10 bits per heavy atom. The Labute approximate surface area is 120 Å². The lowest BCUT2D eigenvalue weighted by Gasteiger charge is -2.14. The van der Waals surface area contributed by atoms with Gasteiger partial charge in [0.1, 0.15) is 0 Å². The van der Waals surface area contributed by atoms with Gasteiger partial charge in [-0.15, -0.1) is 6.58 Å². The third kappa shape index (κ3) is 4.07. The molecule has 0 saturated heterocycles. The zero-order valence-corrected chi connectivity index (χ0v) is 12.5. The molecule has 0 aliphatic rings. The van der Waals surface area contributed by atoms with Crippen molar-refractivity contribution in [2.45, 2.75) is 11.4 Å². The molecule has 7 heteroatoms. The molecular formula is C13H20N4O2S. The zero-order chi connectivity index (χ0) is 15.2. The van der Waals surface area contributed by atoms with Crippen molar-refractivity contribution in [2.24, 2.45) is 10.7 Å². The normalized spacial score (nSPS) is 12.4. The zero-order valence-electron chi connectivity index (χ0n) is 11.7. The molecule has 0 amide bonds. The van der Waals surface area contributed by atoms with E-state index in [1.54, 1.807) is 30.3 Å². The van der Waals surface area contributed by atoms with E-state index < -0.39 is 10.0 Å². The van der Waals surface area contributed by atoms with Gasteiger partial charge in [-0.05, 0) is 11.6 Å². The summed E-state index contributed by atoms with van der Waals surface area (Å²) in [5.41, 5.74) is 6.26. The van der Waals surface area contributed by atoms with Crippen molar-refractivity contribution in [3.63, 3.8) is 0 Å². The second-order valence-corrected chi connectivity index (χ2v) is 6.39. The molecule has 0 aliphatic heterocycles. The van der Waals surface area contributed by atoms with Gasteiger partial charge >= 0.3 is 0 Å². The molecule has 0 heterocycles. The molecule has 6 nitrogen and oxygen atoms in total. The lowest BCUT2D eigenvalue weighted by molar-refractivity contribution is 0.519. The first kappa shape index (κ1) is 16.2. The number of hydrogen-bond donors (Lipinski definition) is 2. The molecule has 3 N–H and O–H groups in total. The van der Waals surface area contributed by atoms with E-state index in [9.17, 15) is 8.42 Å². The smallest absolute Gasteiger partial charge is 0.242 e. The molecule has 0 unspecified atom stereocenters. The van der Waals surface area contributed by atoms with Crippen molar-refractivity contribution in [2.75, 3.05) is 20.6 Å². The van der Waals surface area contributed by atoms with Crippen LogP contribution in [0, 0.1) is 0 Å². The van der Waals surface area contributed by atoms with Crippen LogP contribution < -0.4 is 11.1 Å². The summed E-state index contributed by atoms with van der Waals surface area (Å²) in [7, 11) is -0.495. The number of rotatable bonds is 6. The second kappa shape index (κ2) is 7.06. The van der Waals surface area contributed by atoms with Gasteiger partial charge in [-0.25, -0.2) is 17.7 Å². The fourth-order valence-electron chi connectivity index (χ4n) is 1.49. The SMILES string of the molecule is C=CCNC(N)=NCc1ccccc1S(=O)(=O)N(C)C. The summed E-state index contributed by atoms with van der Waals surface area (Å²) in [6.07, 6.45) is 1.66. The third-order valence-corrected chi connectivity index (χ3v) is 4.49. The van der Waals surface area contributed by atoms with Gasteiger partial charge in [-0.3, -0.25) is 0 Å². The van der Waals surface area contributed by atoms with Gasteiger partial charge in [0, 0.05) is 20.6 Å². The first-order valence-corrected chi connectivity index (χ1v) is 7.48. The van der Waals surface area contributed by atoms with Crippen LogP contribution in [0.3, 0.4) is 0 Å². The second-order valence-electron chi connectivity index (χ2n) is 4.27. The summed E-state index contributed by atoms with van der Waals surface area (Å²) in [5.74, 6) is 0.252. The van der Waals surface area contributed by atoms with Crippen LogP contribution in [0.15, 0.2) is 46.8 Å². The van der Waals surface area contributed by atoms with E-state index in [0.717, 1.165) is 0 Å². The Balaban J connectivity index is 3.01. The molecular weight excluding hydrogens is 276 g/mol. The Morgan fingerprint density at radius 1 is 1.45 bits per heavy atom. The number of hydrogen-bond acceptors (Lipinski definition) is 3. The Morgan fingerprint density at radius 3 is 2.70 bits per heavy atom. The lowest BCUT2D eigenvalue weighted by Crippen LogP contribution is -2.31. The minimum Gasteiger partial charge on any atom is -0.370 e. The van der Waals surface area contributed by atoms with Crippen LogP contribution in [-0.2, 0) is 16.6 Å². The lowest BCUT2D eigenvalue weighted by atomic mass is 10.2. The van der Waals surface area contributed by atoms with Crippen molar-refractivity contribution in [3.05, 3.63) is 42.5 Å². The minimum atomic E-state index is -3.49. The van der Waals surface area contributed by atoms with Crippen LogP contribution in [0.2, 0.25) is 0 Å². The number of benzene rings is 1. The quantitative estimate of drug-likeness (QED) is 0.455. The van der Waals surface area contributed by atoms with Crippen molar-refractivity contribution in [1.82, 2.24) is 9.62 Å². The number of sulfonamides is 1. The summed E-state index contributed by atoms with van der Waals surface area (Å²) < 4.78 is 25.5. The van der Waals surface area contributed by atoms with Gasteiger partial charge in [0.25, 0.3) is 0 Å². The van der Waals surface area contributed by atoms with Crippen LogP contribution in [0.25, 0.3) is 0 Å². The Hall–Kier alpha value is -1.86. The average Bonchev–Trinajstić information content (AvgIpc) is 2.42. The van der Waals surface area contributed by atoms with E-state index in [4.69, 9.17) is 5.73 Å². The average molecular weight is 296 g/mol. The molecule has 0 aromatic heterocycles. The first-order valence-electron chi connectivity index (χ1n) is 6.04. The highest BCUT2D eigenvalue weighted by atomic mass is 32.2. The maximum absolute atomic E-state index is 12.2. The van der Waals surface area contributed by atoms with E-state index >= 15 is 0 Å². The standard InChI is InChI=1S/C13H20N4O2S/c1-4-9-15-13(14)16-10-11-7-5-6-8-12(11)20(18,19)17(2)3/h4-8H,1,9-10H2,2-3H3,(H3,14,15,16). The predicted molar refractivity (Wildman–Crippen MR) is 80.8 cm³/mol. The fraction of sp³-hybridized carbons (Fsp3) is 0.308. The maximum Gasteiger partial charge on any atom is 0.242 e. The van der Waals surface area contributed by atoms with Gasteiger partial charge < -0.3 is 11.1 Å². The van der Waals surface area contributed by atoms with Gasteiger partial charge in [0.2, 0.25) is 10.0 Å². The van der Waals surface area contributed by atoms with Gasteiger partial charge in [0.15, 0.2) is 5.96 Å². The van der Waals surface area contributed by atoms with E-state index in [-0.39, 0.29) is 17.4 Å². The summed E-state index contributed by atoms with van der Waals surface area (Å²) in [4.78, 5) is 4.36. The molecule has 0 saturated carbocycles. The molecule has 0 radical (unpaired) electrons. The van der Waals surface area contributed by atoms with E-state index in [0.29, 0.717) is 12.1 Å². The van der Waals surface area contributed by atoms with Crippen molar-refractivity contribution in [3.8, 4) is 0 Å². The highest BCUT2D eigenvalue weighted by molar-refractivity contribution is 7.89. The molecule has 0 atom stereocenters. The summed E-state index contributed by atoms with van der Waals surface area (Å²) in [5, 5.41) is 2.83. The molecule has 1 aromatic rings. The van der Waals surface area contributed by atoms with Crippen LogP contribution in [0.4, 0.5) is 0 Å². The van der Waals surface area contributed by atoms with Crippen molar-refractivity contribution < 1.29 is 8.42 Å². The summed E-state index contributed by atoms with van der Waals surface area (Å²) in [6, 6.07) is 6.74. The Kier molecular flexibility index (Phi) is 5.72. The molecule has 1 rings (SSSR count). The molecule has 20 heavy (non-hydrogen) atoms. The molecule has 0 spiro atoms. The van der Waals surface area contributed by atoms with Crippen molar-refractivity contribution in [1.29, 1.82) is 0 Å². The van der Waals surface area contributed by atoms with E-state index in [1.807, 2.05) is 0 Å². The van der Waals surface area contributed by atoms with Crippen molar-refractivity contribution >= 4 is 16.0 Å². The van der Waals surface area contributed by atoms with Gasteiger partial charge in [-0.2, -0.15) is 0 Å². The molecule has 1 aromatic carbocycles. The summed E-state index contributed by atoms with van der Waals surface area (Å²) in [6.45, 7) is 4.26. The number of nitrogens with zero attached hydrogens (tertiary/aromatic N) is 2. The largest absolute Gasteiger partial charge is 0.370 e. The summed E-state index contributed by atoms with van der Waals surface area (Å²) >= 11 is 0. The van der Waals surface area contributed by atoms with E-state index in [1.165, 1.54) is 18.4 Å².